The molecule has 6 heteroatoms. The second kappa shape index (κ2) is 11.1. The van der Waals surface area contributed by atoms with Crippen LogP contribution in [0.2, 0.25) is 0 Å². The van der Waals surface area contributed by atoms with Gasteiger partial charge >= 0.3 is 0 Å². The summed E-state index contributed by atoms with van der Waals surface area (Å²) in [6.07, 6.45) is 0. The Labute approximate surface area is 228 Å². The molecule has 0 aliphatic carbocycles. The monoisotopic (exact) mass is 517 g/mol. The predicted molar refractivity (Wildman–Crippen MR) is 158 cm³/mol. The Morgan fingerprint density at radius 3 is 1.36 bits per heavy atom. The van der Waals surface area contributed by atoms with Crippen LogP contribution in [0, 0.1) is 0 Å². The molecule has 196 valence electrons. The summed E-state index contributed by atoms with van der Waals surface area (Å²) in [4.78, 5) is 0. The minimum atomic E-state index is -0.479. The van der Waals surface area contributed by atoms with E-state index in [1.807, 2.05) is 84.9 Å². The number of hydrogen-bond acceptors (Lipinski definition) is 6. The zero-order chi connectivity index (χ0) is 27.2. The molecule has 0 saturated carbocycles. The van der Waals surface area contributed by atoms with E-state index < -0.39 is 5.41 Å². The van der Waals surface area contributed by atoms with Crippen molar-refractivity contribution in [3.8, 4) is 28.7 Å². The van der Waals surface area contributed by atoms with Crippen molar-refractivity contribution in [2.75, 3.05) is 23.8 Å². The van der Waals surface area contributed by atoms with Crippen LogP contribution in [0.15, 0.2) is 121 Å². The Hall–Kier alpha value is -5.10. The second-order valence-corrected chi connectivity index (χ2v) is 9.59. The SMILES string of the molecule is CC(COc1ccc(N)cc1)(c1ccc(Oc2cccc(N)c2)cc1)c1ccc(Oc2cccc(N)c2)cc1. The normalized spacial score (nSPS) is 11.1. The van der Waals surface area contributed by atoms with Crippen molar-refractivity contribution in [3.05, 3.63) is 132 Å². The fraction of sp³-hybridized carbons (Fsp3) is 0.0909. The Morgan fingerprint density at radius 2 is 0.923 bits per heavy atom. The third-order valence-corrected chi connectivity index (χ3v) is 6.58. The maximum absolute atomic E-state index is 6.27. The zero-order valence-corrected chi connectivity index (χ0v) is 21.7. The topological polar surface area (TPSA) is 106 Å². The molecule has 0 aliphatic rings. The lowest BCUT2D eigenvalue weighted by molar-refractivity contribution is 0.253. The molecule has 0 bridgehead atoms. The molecule has 6 N–H and O–H groups in total. The first-order valence-electron chi connectivity index (χ1n) is 12.6. The van der Waals surface area contributed by atoms with E-state index in [4.69, 9.17) is 31.4 Å². The van der Waals surface area contributed by atoms with Gasteiger partial charge in [-0.05, 0) is 90.8 Å². The molecule has 0 radical (unpaired) electrons. The van der Waals surface area contributed by atoms with E-state index in [-0.39, 0.29) is 0 Å². The van der Waals surface area contributed by atoms with Crippen LogP contribution in [0.25, 0.3) is 0 Å². The smallest absolute Gasteiger partial charge is 0.129 e. The number of anilines is 3. The van der Waals surface area contributed by atoms with E-state index in [0.29, 0.717) is 35.2 Å². The van der Waals surface area contributed by atoms with Crippen LogP contribution < -0.4 is 31.4 Å². The number of hydrogen-bond donors (Lipinski definition) is 3. The first kappa shape index (κ1) is 25.5. The largest absolute Gasteiger partial charge is 0.492 e. The molecule has 0 aromatic heterocycles. The number of nitrogen functional groups attached to an aromatic ring is 3. The van der Waals surface area contributed by atoms with Gasteiger partial charge in [-0.3, -0.25) is 0 Å². The third kappa shape index (κ3) is 6.25. The van der Waals surface area contributed by atoms with Crippen LogP contribution in [0.4, 0.5) is 17.1 Å². The minimum absolute atomic E-state index is 0.405. The lowest BCUT2D eigenvalue weighted by Crippen LogP contribution is -2.31. The molecule has 39 heavy (non-hydrogen) atoms. The Morgan fingerprint density at radius 1 is 0.487 bits per heavy atom. The molecule has 0 amide bonds. The van der Waals surface area contributed by atoms with Crippen molar-refractivity contribution in [1.29, 1.82) is 0 Å². The standard InChI is InChI=1S/C33H31N3O3/c1-33(22-37-28-18-12-25(34)13-19-28,23-8-14-29(15-9-23)38-31-6-2-4-26(35)20-31)24-10-16-30(17-11-24)39-32-7-3-5-27(36)21-32/h2-21H,22,34-36H2,1H3. The van der Waals surface area contributed by atoms with Crippen molar-refractivity contribution < 1.29 is 14.2 Å². The number of ether oxygens (including phenoxy) is 3. The van der Waals surface area contributed by atoms with Gasteiger partial charge in [0.1, 0.15) is 35.4 Å². The number of benzene rings is 5. The van der Waals surface area contributed by atoms with Crippen LogP contribution in [-0.4, -0.2) is 6.61 Å². The van der Waals surface area contributed by atoms with Crippen molar-refractivity contribution in [1.82, 2.24) is 0 Å². The summed E-state index contributed by atoms with van der Waals surface area (Å²) in [5, 5.41) is 0. The molecule has 5 aromatic rings. The summed E-state index contributed by atoms with van der Waals surface area (Å²) in [5.74, 6) is 3.56. The van der Waals surface area contributed by atoms with E-state index in [2.05, 4.69) is 31.2 Å². The maximum Gasteiger partial charge on any atom is 0.129 e. The molecule has 5 aromatic carbocycles. The lowest BCUT2D eigenvalue weighted by atomic mass is 9.77. The fourth-order valence-corrected chi connectivity index (χ4v) is 4.33. The highest BCUT2D eigenvalue weighted by Gasteiger charge is 2.30. The maximum atomic E-state index is 6.27. The molecule has 0 spiro atoms. The van der Waals surface area contributed by atoms with Gasteiger partial charge < -0.3 is 31.4 Å². The van der Waals surface area contributed by atoms with Gasteiger partial charge in [0, 0.05) is 29.2 Å². The highest BCUT2D eigenvalue weighted by atomic mass is 16.5. The molecule has 0 heterocycles. The average molecular weight is 518 g/mol. The van der Waals surface area contributed by atoms with Gasteiger partial charge in [0.2, 0.25) is 0 Å². The summed E-state index contributed by atoms with van der Waals surface area (Å²) in [6, 6.07) is 38.2. The van der Waals surface area contributed by atoms with Gasteiger partial charge in [-0.15, -0.1) is 0 Å². The fourth-order valence-electron chi connectivity index (χ4n) is 4.33. The van der Waals surface area contributed by atoms with Crippen LogP contribution in [-0.2, 0) is 5.41 Å². The average Bonchev–Trinajstić information content (AvgIpc) is 2.93. The molecule has 0 aliphatic heterocycles. The van der Waals surface area contributed by atoms with E-state index >= 15 is 0 Å². The Kier molecular flexibility index (Phi) is 7.28. The molecule has 0 fully saturated rings. The summed E-state index contributed by atoms with van der Waals surface area (Å²) in [6.45, 7) is 2.56. The third-order valence-electron chi connectivity index (χ3n) is 6.58. The summed E-state index contributed by atoms with van der Waals surface area (Å²) in [5.41, 5.74) is 21.3. The molecule has 6 nitrogen and oxygen atoms in total. The molecule has 0 atom stereocenters. The van der Waals surface area contributed by atoms with Gasteiger partial charge in [0.05, 0.1) is 5.41 Å². The number of rotatable bonds is 9. The van der Waals surface area contributed by atoms with Crippen LogP contribution in [0.5, 0.6) is 28.7 Å². The van der Waals surface area contributed by atoms with Crippen molar-refractivity contribution >= 4 is 17.1 Å². The van der Waals surface area contributed by atoms with Gasteiger partial charge in [0.15, 0.2) is 0 Å². The van der Waals surface area contributed by atoms with E-state index in [9.17, 15) is 0 Å². The highest BCUT2D eigenvalue weighted by molar-refractivity contribution is 5.49. The molecule has 0 saturated heterocycles. The van der Waals surface area contributed by atoms with E-state index in [1.165, 1.54) is 0 Å². The summed E-state index contributed by atoms with van der Waals surface area (Å²) >= 11 is 0. The zero-order valence-electron chi connectivity index (χ0n) is 21.7. The van der Waals surface area contributed by atoms with Gasteiger partial charge in [-0.1, -0.05) is 36.4 Å². The van der Waals surface area contributed by atoms with Crippen LogP contribution >= 0.6 is 0 Å². The van der Waals surface area contributed by atoms with E-state index in [0.717, 1.165) is 28.4 Å². The van der Waals surface area contributed by atoms with Crippen molar-refractivity contribution in [2.24, 2.45) is 0 Å². The first-order chi connectivity index (χ1) is 18.9. The molecule has 5 rings (SSSR count). The predicted octanol–water partition coefficient (Wildman–Crippen LogP) is 7.40. The molecule has 0 unspecified atom stereocenters. The van der Waals surface area contributed by atoms with Crippen molar-refractivity contribution in [3.63, 3.8) is 0 Å². The first-order valence-corrected chi connectivity index (χ1v) is 12.6. The van der Waals surface area contributed by atoms with Crippen molar-refractivity contribution in [2.45, 2.75) is 12.3 Å². The van der Waals surface area contributed by atoms with Gasteiger partial charge in [0.25, 0.3) is 0 Å². The van der Waals surface area contributed by atoms with Crippen LogP contribution in [0.3, 0.4) is 0 Å². The minimum Gasteiger partial charge on any atom is -0.492 e. The Bertz CT molecular complexity index is 1440. The Balaban J connectivity index is 1.41. The number of nitrogens with two attached hydrogens (primary N) is 3. The summed E-state index contributed by atoms with van der Waals surface area (Å²) < 4.78 is 18.3. The molecular formula is C33H31N3O3. The highest BCUT2D eigenvalue weighted by Crippen LogP contribution is 2.36. The quantitative estimate of drug-likeness (QED) is 0.176. The van der Waals surface area contributed by atoms with Gasteiger partial charge in [-0.25, -0.2) is 0 Å². The van der Waals surface area contributed by atoms with E-state index in [1.54, 1.807) is 12.1 Å². The van der Waals surface area contributed by atoms with Gasteiger partial charge in [-0.2, -0.15) is 0 Å². The second-order valence-electron chi connectivity index (χ2n) is 9.59. The molecular weight excluding hydrogens is 486 g/mol. The van der Waals surface area contributed by atoms with Crippen LogP contribution in [0.1, 0.15) is 18.1 Å². The summed E-state index contributed by atoms with van der Waals surface area (Å²) in [7, 11) is 0. The lowest BCUT2D eigenvalue weighted by Gasteiger charge is -2.31.